The Morgan fingerprint density at radius 2 is 1.89 bits per heavy atom. The maximum atomic E-state index is 5.76. The van der Waals surface area contributed by atoms with Gasteiger partial charge in [0.25, 0.3) is 0 Å². The molecule has 1 aromatic carbocycles. The highest BCUT2D eigenvalue weighted by molar-refractivity contribution is 14.0. The van der Waals surface area contributed by atoms with Crippen LogP contribution in [0.3, 0.4) is 0 Å². The predicted molar refractivity (Wildman–Crippen MR) is 123 cm³/mol. The SMILES string of the molecule is CCOC1CCN(C(=NC)NCC2CCCN2Cc2ccccc2)CC1.I. The van der Waals surface area contributed by atoms with Crippen molar-refractivity contribution in [3.05, 3.63) is 35.9 Å². The first-order chi connectivity index (χ1) is 12.8. The summed E-state index contributed by atoms with van der Waals surface area (Å²) in [4.78, 5) is 9.51. The average molecular weight is 486 g/mol. The van der Waals surface area contributed by atoms with Gasteiger partial charge in [-0.15, -0.1) is 24.0 Å². The first kappa shape index (κ1) is 22.4. The van der Waals surface area contributed by atoms with Gasteiger partial charge in [0, 0.05) is 45.9 Å². The minimum atomic E-state index is 0. The number of piperidine rings is 1. The fraction of sp³-hybridized carbons (Fsp3) is 0.667. The Bertz CT molecular complexity index is 561. The molecule has 2 aliphatic rings. The molecule has 5 nitrogen and oxygen atoms in total. The number of halogens is 1. The van der Waals surface area contributed by atoms with Crippen LogP contribution < -0.4 is 5.32 Å². The number of ether oxygens (including phenoxy) is 1. The third kappa shape index (κ3) is 6.61. The van der Waals surface area contributed by atoms with E-state index in [0.29, 0.717) is 12.1 Å². The molecule has 0 aromatic heterocycles. The first-order valence-electron chi connectivity index (χ1n) is 10.1. The van der Waals surface area contributed by atoms with E-state index in [0.717, 1.165) is 51.6 Å². The van der Waals surface area contributed by atoms with Crippen LogP contribution in [0.5, 0.6) is 0 Å². The average Bonchev–Trinajstić information content (AvgIpc) is 3.11. The lowest BCUT2D eigenvalue weighted by Gasteiger charge is -2.35. The first-order valence-corrected chi connectivity index (χ1v) is 10.1. The molecule has 152 valence electrons. The van der Waals surface area contributed by atoms with Crippen LogP contribution >= 0.6 is 24.0 Å². The van der Waals surface area contributed by atoms with Gasteiger partial charge in [-0.1, -0.05) is 30.3 Å². The van der Waals surface area contributed by atoms with Crippen LogP contribution in [0, 0.1) is 0 Å². The molecule has 3 rings (SSSR count). The van der Waals surface area contributed by atoms with E-state index in [1.807, 2.05) is 7.05 Å². The Morgan fingerprint density at radius 1 is 1.15 bits per heavy atom. The molecule has 2 saturated heterocycles. The summed E-state index contributed by atoms with van der Waals surface area (Å²) in [6.07, 6.45) is 5.17. The smallest absolute Gasteiger partial charge is 0.193 e. The summed E-state index contributed by atoms with van der Waals surface area (Å²) in [7, 11) is 1.90. The van der Waals surface area contributed by atoms with E-state index in [-0.39, 0.29) is 24.0 Å². The van der Waals surface area contributed by atoms with Gasteiger partial charge < -0.3 is 15.0 Å². The van der Waals surface area contributed by atoms with E-state index >= 15 is 0 Å². The van der Waals surface area contributed by atoms with Crippen molar-refractivity contribution in [1.82, 2.24) is 15.1 Å². The highest BCUT2D eigenvalue weighted by Gasteiger charge is 2.26. The zero-order valence-electron chi connectivity index (χ0n) is 16.8. The van der Waals surface area contributed by atoms with Crippen LogP contribution in [-0.4, -0.2) is 67.7 Å². The number of nitrogens with zero attached hydrogens (tertiary/aromatic N) is 3. The van der Waals surface area contributed by atoms with Gasteiger partial charge in [-0.2, -0.15) is 0 Å². The van der Waals surface area contributed by atoms with E-state index in [1.165, 1.54) is 24.9 Å². The standard InChI is InChI=1S/C21H34N4O.HI/c1-3-26-20-11-14-24(15-12-20)21(22-2)23-16-19-10-7-13-25(19)17-18-8-5-4-6-9-18;/h4-6,8-9,19-20H,3,7,10-17H2,1-2H3,(H,22,23);1H. The largest absolute Gasteiger partial charge is 0.378 e. The molecule has 0 amide bonds. The zero-order chi connectivity index (χ0) is 18.2. The number of rotatable bonds is 6. The van der Waals surface area contributed by atoms with Crippen molar-refractivity contribution >= 4 is 29.9 Å². The molecule has 27 heavy (non-hydrogen) atoms. The Morgan fingerprint density at radius 3 is 2.56 bits per heavy atom. The number of guanidine groups is 1. The summed E-state index contributed by atoms with van der Waals surface area (Å²) in [5.41, 5.74) is 1.40. The van der Waals surface area contributed by atoms with Crippen molar-refractivity contribution in [2.75, 3.05) is 39.8 Å². The summed E-state index contributed by atoms with van der Waals surface area (Å²) in [5, 5.41) is 3.64. The molecule has 2 aliphatic heterocycles. The minimum Gasteiger partial charge on any atom is -0.378 e. The van der Waals surface area contributed by atoms with Crippen LogP contribution in [0.4, 0.5) is 0 Å². The minimum absolute atomic E-state index is 0. The topological polar surface area (TPSA) is 40.1 Å². The van der Waals surface area contributed by atoms with Gasteiger partial charge in [0.15, 0.2) is 5.96 Å². The predicted octanol–water partition coefficient (Wildman–Crippen LogP) is 3.35. The number of hydrogen-bond acceptors (Lipinski definition) is 3. The van der Waals surface area contributed by atoms with E-state index in [9.17, 15) is 0 Å². The molecule has 0 bridgehead atoms. The molecule has 1 aromatic rings. The monoisotopic (exact) mass is 486 g/mol. The summed E-state index contributed by atoms with van der Waals surface area (Å²) >= 11 is 0. The van der Waals surface area contributed by atoms with E-state index < -0.39 is 0 Å². The van der Waals surface area contributed by atoms with Crippen LogP contribution in [0.15, 0.2) is 35.3 Å². The lowest BCUT2D eigenvalue weighted by atomic mass is 10.1. The molecular formula is C21H35IN4O. The summed E-state index contributed by atoms with van der Waals surface area (Å²) in [6.45, 7) is 8.17. The van der Waals surface area contributed by atoms with Crippen LogP contribution in [0.2, 0.25) is 0 Å². The van der Waals surface area contributed by atoms with E-state index in [4.69, 9.17) is 4.74 Å². The van der Waals surface area contributed by atoms with Gasteiger partial charge in [0.05, 0.1) is 6.10 Å². The molecule has 0 radical (unpaired) electrons. The zero-order valence-corrected chi connectivity index (χ0v) is 19.1. The van der Waals surface area contributed by atoms with Gasteiger partial charge in [0.1, 0.15) is 0 Å². The lowest BCUT2D eigenvalue weighted by molar-refractivity contribution is 0.0263. The normalized spacial score (nSPS) is 21.9. The molecule has 0 aliphatic carbocycles. The lowest BCUT2D eigenvalue weighted by Crippen LogP contribution is -2.49. The third-order valence-corrected chi connectivity index (χ3v) is 5.58. The number of benzene rings is 1. The molecule has 2 fully saturated rings. The third-order valence-electron chi connectivity index (χ3n) is 5.58. The van der Waals surface area contributed by atoms with Crippen molar-refractivity contribution in [1.29, 1.82) is 0 Å². The molecule has 6 heteroatoms. The van der Waals surface area contributed by atoms with Crippen molar-refractivity contribution < 1.29 is 4.74 Å². The maximum Gasteiger partial charge on any atom is 0.193 e. The summed E-state index contributed by atoms with van der Waals surface area (Å²) in [5.74, 6) is 1.05. The molecule has 2 heterocycles. The fourth-order valence-corrected chi connectivity index (χ4v) is 4.16. The quantitative estimate of drug-likeness (QED) is 0.381. The fourth-order valence-electron chi connectivity index (χ4n) is 4.16. The van der Waals surface area contributed by atoms with Gasteiger partial charge in [-0.25, -0.2) is 0 Å². The van der Waals surface area contributed by atoms with Crippen molar-refractivity contribution in [2.45, 2.75) is 51.3 Å². The van der Waals surface area contributed by atoms with Crippen LogP contribution in [-0.2, 0) is 11.3 Å². The number of likely N-dealkylation sites (tertiary alicyclic amines) is 2. The Balaban J connectivity index is 0.00000261. The second-order valence-electron chi connectivity index (χ2n) is 7.32. The molecule has 1 atom stereocenters. The van der Waals surface area contributed by atoms with Crippen LogP contribution in [0.1, 0.15) is 38.2 Å². The van der Waals surface area contributed by atoms with E-state index in [1.54, 1.807) is 0 Å². The Kier molecular flexibility index (Phi) is 9.86. The number of aliphatic imine (C=N–C) groups is 1. The number of hydrogen-bond donors (Lipinski definition) is 1. The highest BCUT2D eigenvalue weighted by Crippen LogP contribution is 2.20. The van der Waals surface area contributed by atoms with Crippen molar-refractivity contribution in [3.63, 3.8) is 0 Å². The van der Waals surface area contributed by atoms with Gasteiger partial charge in [-0.05, 0) is 44.7 Å². The highest BCUT2D eigenvalue weighted by atomic mass is 127. The number of nitrogens with one attached hydrogen (secondary N) is 1. The molecular weight excluding hydrogens is 451 g/mol. The Hall–Kier alpha value is -0.860. The van der Waals surface area contributed by atoms with Crippen molar-refractivity contribution in [3.8, 4) is 0 Å². The summed E-state index contributed by atoms with van der Waals surface area (Å²) in [6, 6.07) is 11.4. The second-order valence-corrected chi connectivity index (χ2v) is 7.32. The van der Waals surface area contributed by atoms with E-state index in [2.05, 4.69) is 57.4 Å². The Labute approximate surface area is 181 Å². The molecule has 0 spiro atoms. The van der Waals surface area contributed by atoms with Gasteiger partial charge in [-0.3, -0.25) is 9.89 Å². The van der Waals surface area contributed by atoms with Gasteiger partial charge in [0.2, 0.25) is 0 Å². The van der Waals surface area contributed by atoms with Crippen molar-refractivity contribution in [2.24, 2.45) is 4.99 Å². The summed E-state index contributed by atoms with van der Waals surface area (Å²) < 4.78 is 5.76. The second kappa shape index (κ2) is 11.9. The van der Waals surface area contributed by atoms with Crippen LogP contribution in [0.25, 0.3) is 0 Å². The molecule has 1 unspecified atom stereocenters. The molecule has 0 saturated carbocycles. The maximum absolute atomic E-state index is 5.76. The molecule has 1 N–H and O–H groups in total. The van der Waals surface area contributed by atoms with Gasteiger partial charge >= 0.3 is 0 Å².